The molecule has 5 nitrogen and oxygen atoms in total. The number of likely N-dealkylation sites (N-methyl/N-ethyl adjacent to an activating group) is 1. The van der Waals surface area contributed by atoms with Crippen molar-refractivity contribution < 1.29 is 0 Å². The van der Waals surface area contributed by atoms with Crippen molar-refractivity contribution in [3.05, 3.63) is 34.9 Å². The van der Waals surface area contributed by atoms with Gasteiger partial charge in [-0.25, -0.2) is 0 Å². The second kappa shape index (κ2) is 9.26. The van der Waals surface area contributed by atoms with Gasteiger partial charge in [0.05, 0.1) is 0 Å². The highest BCUT2D eigenvalue weighted by atomic mass is 35.5. The van der Waals surface area contributed by atoms with E-state index in [-0.39, 0.29) is 5.41 Å². The third-order valence-electron chi connectivity index (χ3n) is 6.15. The van der Waals surface area contributed by atoms with E-state index in [0.717, 1.165) is 43.7 Å². The Kier molecular flexibility index (Phi) is 7.01. The van der Waals surface area contributed by atoms with Crippen LogP contribution in [0.25, 0.3) is 0 Å². The summed E-state index contributed by atoms with van der Waals surface area (Å²) >= 11 is 6.18. The van der Waals surface area contributed by atoms with Gasteiger partial charge in [-0.05, 0) is 44.0 Å². The lowest BCUT2D eigenvalue weighted by Gasteiger charge is -2.37. The number of hydrogen-bond donors (Lipinski definition) is 2. The molecule has 1 saturated heterocycles. The largest absolute Gasteiger partial charge is 0.356 e. The summed E-state index contributed by atoms with van der Waals surface area (Å²) in [6.45, 7) is 12.2. The Balaban J connectivity index is 1.45. The molecule has 1 saturated carbocycles. The fourth-order valence-corrected chi connectivity index (χ4v) is 4.09. The monoisotopic (exact) mass is 391 g/mol. The van der Waals surface area contributed by atoms with Crippen LogP contribution >= 0.6 is 11.6 Å². The zero-order chi connectivity index (χ0) is 19.3. The summed E-state index contributed by atoms with van der Waals surface area (Å²) in [5.41, 5.74) is 1.55. The molecule has 1 aromatic rings. The molecule has 0 spiro atoms. The second-order valence-corrected chi connectivity index (χ2v) is 8.35. The number of hydrogen-bond acceptors (Lipinski definition) is 3. The minimum Gasteiger partial charge on any atom is -0.356 e. The predicted molar refractivity (Wildman–Crippen MR) is 115 cm³/mol. The first-order valence-electron chi connectivity index (χ1n) is 10.2. The summed E-state index contributed by atoms with van der Waals surface area (Å²) in [4.78, 5) is 9.50. The maximum atomic E-state index is 6.18. The number of piperazine rings is 1. The van der Waals surface area contributed by atoms with Crippen molar-refractivity contribution in [3.63, 3.8) is 0 Å². The first-order valence-corrected chi connectivity index (χ1v) is 10.6. The lowest BCUT2D eigenvalue weighted by atomic mass is 9.96. The minimum absolute atomic E-state index is 0.213. The fourth-order valence-electron chi connectivity index (χ4n) is 3.90. The van der Waals surface area contributed by atoms with E-state index in [1.807, 2.05) is 19.2 Å². The van der Waals surface area contributed by atoms with Crippen molar-refractivity contribution in [2.24, 2.45) is 4.99 Å². The van der Waals surface area contributed by atoms with Gasteiger partial charge >= 0.3 is 0 Å². The number of rotatable bonds is 7. The van der Waals surface area contributed by atoms with Crippen molar-refractivity contribution >= 4 is 17.6 Å². The van der Waals surface area contributed by atoms with Crippen molar-refractivity contribution in [3.8, 4) is 0 Å². The van der Waals surface area contributed by atoms with E-state index >= 15 is 0 Å². The van der Waals surface area contributed by atoms with Crippen LogP contribution in [0.15, 0.2) is 29.3 Å². The highest BCUT2D eigenvalue weighted by molar-refractivity contribution is 6.30. The first-order chi connectivity index (χ1) is 13.1. The van der Waals surface area contributed by atoms with Gasteiger partial charge in [0, 0.05) is 62.8 Å². The number of nitrogens with zero attached hydrogens (tertiary/aromatic N) is 3. The fraction of sp³-hybridized carbons (Fsp3) is 0.667. The van der Waals surface area contributed by atoms with E-state index in [0.29, 0.717) is 6.04 Å². The summed E-state index contributed by atoms with van der Waals surface area (Å²) in [6, 6.07) is 8.78. The topological polar surface area (TPSA) is 42.9 Å². The van der Waals surface area contributed by atoms with Crippen LogP contribution in [0.2, 0.25) is 5.02 Å². The van der Waals surface area contributed by atoms with Crippen molar-refractivity contribution in [1.29, 1.82) is 0 Å². The molecule has 1 unspecified atom stereocenters. The molecule has 150 valence electrons. The van der Waals surface area contributed by atoms with Gasteiger partial charge in [-0.15, -0.1) is 0 Å². The molecular weight excluding hydrogens is 358 g/mol. The second-order valence-electron chi connectivity index (χ2n) is 7.92. The third kappa shape index (κ3) is 5.37. The minimum atomic E-state index is 0.213. The molecular formula is C21H34ClN5. The van der Waals surface area contributed by atoms with Gasteiger partial charge in [0.2, 0.25) is 0 Å². The van der Waals surface area contributed by atoms with Crippen molar-refractivity contribution in [1.82, 2.24) is 20.4 Å². The maximum Gasteiger partial charge on any atom is 0.191 e. The van der Waals surface area contributed by atoms with E-state index < -0.39 is 0 Å². The molecule has 0 aromatic heterocycles. The molecule has 1 aliphatic heterocycles. The van der Waals surface area contributed by atoms with Crippen molar-refractivity contribution in [2.75, 3.05) is 52.9 Å². The van der Waals surface area contributed by atoms with Crippen LogP contribution in [0, 0.1) is 0 Å². The number of benzene rings is 1. The molecule has 2 aliphatic rings. The SMILES string of the molecule is CCN1CCN(C(C)CNC(=NC)NCC2(c3cccc(Cl)c3)CC2)CC1. The van der Waals surface area contributed by atoms with Crippen LogP contribution in [0.1, 0.15) is 32.3 Å². The van der Waals surface area contributed by atoms with Crippen molar-refractivity contribution in [2.45, 2.75) is 38.1 Å². The van der Waals surface area contributed by atoms with Gasteiger partial charge in [-0.3, -0.25) is 9.89 Å². The molecule has 1 atom stereocenters. The molecule has 2 fully saturated rings. The first kappa shape index (κ1) is 20.4. The summed E-state index contributed by atoms with van der Waals surface area (Å²) < 4.78 is 0. The zero-order valence-electron chi connectivity index (χ0n) is 17.0. The summed E-state index contributed by atoms with van der Waals surface area (Å²) in [7, 11) is 1.85. The van der Waals surface area contributed by atoms with Gasteiger partial charge in [-0.2, -0.15) is 0 Å². The highest BCUT2D eigenvalue weighted by Gasteiger charge is 2.44. The average Bonchev–Trinajstić information content (AvgIpc) is 3.49. The Bertz CT molecular complexity index is 635. The lowest BCUT2D eigenvalue weighted by Crippen LogP contribution is -2.53. The smallest absolute Gasteiger partial charge is 0.191 e. The normalized spacial score (nSPS) is 21.7. The third-order valence-corrected chi connectivity index (χ3v) is 6.39. The summed E-state index contributed by atoms with van der Waals surface area (Å²) in [5.74, 6) is 0.891. The lowest BCUT2D eigenvalue weighted by molar-refractivity contribution is 0.107. The molecule has 1 aliphatic carbocycles. The van der Waals surface area contributed by atoms with E-state index in [4.69, 9.17) is 11.6 Å². The van der Waals surface area contributed by atoms with E-state index in [1.54, 1.807) is 0 Å². The number of nitrogens with one attached hydrogen (secondary N) is 2. The van der Waals surface area contributed by atoms with Crippen LogP contribution in [0.5, 0.6) is 0 Å². The molecule has 1 heterocycles. The molecule has 2 N–H and O–H groups in total. The van der Waals surface area contributed by atoms with Gasteiger partial charge in [0.25, 0.3) is 0 Å². The quantitative estimate of drug-likeness (QED) is 0.553. The Morgan fingerprint density at radius 2 is 1.96 bits per heavy atom. The van der Waals surface area contributed by atoms with E-state index in [2.05, 4.69) is 51.4 Å². The molecule has 0 radical (unpaired) electrons. The van der Waals surface area contributed by atoms with Crippen LogP contribution in [0.3, 0.4) is 0 Å². The maximum absolute atomic E-state index is 6.18. The standard InChI is InChI=1S/C21H34ClN5/c1-4-26-10-12-27(13-11-26)17(2)15-24-20(23-3)25-16-21(8-9-21)18-6-5-7-19(22)14-18/h5-7,14,17H,4,8-13,15-16H2,1-3H3,(H2,23,24,25). The predicted octanol–water partition coefficient (Wildman–Crippen LogP) is 2.56. The number of halogens is 1. The van der Waals surface area contributed by atoms with E-state index in [1.165, 1.54) is 31.5 Å². The average molecular weight is 392 g/mol. The van der Waals surface area contributed by atoms with Gasteiger partial charge in [-0.1, -0.05) is 30.7 Å². The Labute approximate surface area is 169 Å². The summed E-state index contributed by atoms with van der Waals surface area (Å²) in [6.07, 6.45) is 2.41. The van der Waals surface area contributed by atoms with Gasteiger partial charge in [0.1, 0.15) is 0 Å². The molecule has 3 rings (SSSR count). The number of aliphatic imine (C=N–C) groups is 1. The Morgan fingerprint density at radius 3 is 2.56 bits per heavy atom. The summed E-state index contributed by atoms with van der Waals surface area (Å²) in [5, 5.41) is 7.86. The van der Waals surface area contributed by atoms with E-state index in [9.17, 15) is 0 Å². The molecule has 0 bridgehead atoms. The molecule has 6 heteroatoms. The van der Waals surface area contributed by atoms with Gasteiger partial charge < -0.3 is 15.5 Å². The number of guanidine groups is 1. The molecule has 27 heavy (non-hydrogen) atoms. The molecule has 1 aromatic carbocycles. The Morgan fingerprint density at radius 1 is 1.22 bits per heavy atom. The van der Waals surface area contributed by atoms with Gasteiger partial charge in [0.15, 0.2) is 5.96 Å². The van der Waals surface area contributed by atoms with Crippen LogP contribution < -0.4 is 10.6 Å². The highest BCUT2D eigenvalue weighted by Crippen LogP contribution is 2.48. The van der Waals surface area contributed by atoms with Crippen LogP contribution in [0.4, 0.5) is 0 Å². The Hall–Kier alpha value is -1.30. The molecule has 0 amide bonds. The van der Waals surface area contributed by atoms with Crippen LogP contribution in [-0.2, 0) is 5.41 Å². The zero-order valence-corrected chi connectivity index (χ0v) is 17.7. The van der Waals surface area contributed by atoms with Crippen LogP contribution in [-0.4, -0.2) is 74.7 Å².